The minimum atomic E-state index is -2.82. The second kappa shape index (κ2) is 3.37. The Hall–Kier alpha value is -1.06. The normalized spacial score (nSPS) is 10.1. The maximum atomic E-state index is 11.6. The molecule has 0 heterocycles. The average molecular weight is 154 g/mol. The SMILES string of the molecule is [B]c1ccccc1OC(F)F. The maximum absolute atomic E-state index is 11.6. The third-order valence-corrected chi connectivity index (χ3v) is 1.14. The quantitative estimate of drug-likeness (QED) is 0.579. The van der Waals surface area contributed by atoms with E-state index in [-0.39, 0.29) is 11.2 Å². The summed E-state index contributed by atoms with van der Waals surface area (Å²) in [5.74, 6) is 0.0162. The molecule has 0 aliphatic heterocycles. The van der Waals surface area contributed by atoms with Crippen molar-refractivity contribution in [2.24, 2.45) is 0 Å². The van der Waals surface area contributed by atoms with Gasteiger partial charge in [-0.1, -0.05) is 23.7 Å². The molecule has 0 amide bonds. The van der Waals surface area contributed by atoms with Crippen LogP contribution in [0.4, 0.5) is 8.78 Å². The molecule has 0 N–H and O–H groups in total. The molecule has 0 aliphatic carbocycles. The Kier molecular flexibility index (Phi) is 2.46. The Morgan fingerprint density at radius 2 is 1.91 bits per heavy atom. The molecule has 0 saturated heterocycles. The standard InChI is InChI=1S/C7H5BF2O/c8-5-3-1-2-4-6(5)11-7(9)10/h1-4,7H. The Morgan fingerprint density at radius 3 is 2.45 bits per heavy atom. The van der Waals surface area contributed by atoms with E-state index in [0.29, 0.717) is 0 Å². The summed E-state index contributed by atoms with van der Waals surface area (Å²) < 4.78 is 27.3. The first-order chi connectivity index (χ1) is 5.20. The van der Waals surface area contributed by atoms with Gasteiger partial charge in [0.2, 0.25) is 0 Å². The van der Waals surface area contributed by atoms with Crippen molar-refractivity contribution in [3.8, 4) is 5.75 Å². The second-order valence-electron chi connectivity index (χ2n) is 1.92. The number of hydrogen-bond acceptors (Lipinski definition) is 1. The van der Waals surface area contributed by atoms with Crippen LogP contribution in [0.3, 0.4) is 0 Å². The van der Waals surface area contributed by atoms with Crippen molar-refractivity contribution in [3.05, 3.63) is 24.3 Å². The van der Waals surface area contributed by atoms with Gasteiger partial charge in [-0.2, -0.15) is 8.78 Å². The highest BCUT2D eigenvalue weighted by Gasteiger charge is 2.04. The van der Waals surface area contributed by atoms with Gasteiger partial charge in [-0.05, 0) is 6.07 Å². The van der Waals surface area contributed by atoms with Crippen molar-refractivity contribution in [1.29, 1.82) is 0 Å². The summed E-state index contributed by atoms with van der Waals surface area (Å²) in [4.78, 5) is 0. The molecule has 0 atom stereocenters. The van der Waals surface area contributed by atoms with Gasteiger partial charge in [0, 0.05) is 0 Å². The van der Waals surface area contributed by atoms with Gasteiger partial charge in [-0.25, -0.2) is 0 Å². The van der Waals surface area contributed by atoms with Gasteiger partial charge in [0.25, 0.3) is 0 Å². The van der Waals surface area contributed by atoms with Crippen molar-refractivity contribution in [2.45, 2.75) is 6.61 Å². The lowest BCUT2D eigenvalue weighted by Gasteiger charge is -2.06. The van der Waals surface area contributed by atoms with Crippen LogP contribution in [0.2, 0.25) is 0 Å². The summed E-state index contributed by atoms with van der Waals surface area (Å²) >= 11 is 0. The van der Waals surface area contributed by atoms with Gasteiger partial charge >= 0.3 is 6.61 Å². The highest BCUT2D eigenvalue weighted by molar-refractivity contribution is 6.34. The van der Waals surface area contributed by atoms with Crippen molar-refractivity contribution < 1.29 is 13.5 Å². The molecule has 1 aromatic carbocycles. The van der Waals surface area contributed by atoms with E-state index in [1.54, 1.807) is 12.1 Å². The Morgan fingerprint density at radius 1 is 1.27 bits per heavy atom. The monoisotopic (exact) mass is 154 g/mol. The molecule has 0 aliphatic rings. The number of alkyl halides is 2. The van der Waals surface area contributed by atoms with Crippen molar-refractivity contribution in [3.63, 3.8) is 0 Å². The van der Waals surface area contributed by atoms with E-state index >= 15 is 0 Å². The van der Waals surface area contributed by atoms with Crippen LogP contribution in [0, 0.1) is 0 Å². The topological polar surface area (TPSA) is 9.23 Å². The number of halogens is 2. The summed E-state index contributed by atoms with van der Waals surface area (Å²) in [6, 6.07) is 6.11. The molecule has 4 heteroatoms. The van der Waals surface area contributed by atoms with E-state index in [0.717, 1.165) is 0 Å². The summed E-state index contributed by atoms with van der Waals surface area (Å²) in [6.07, 6.45) is 0. The fraction of sp³-hybridized carbons (Fsp3) is 0.143. The molecular weight excluding hydrogens is 149 g/mol. The van der Waals surface area contributed by atoms with Gasteiger partial charge in [-0.15, -0.1) is 0 Å². The first kappa shape index (κ1) is 8.05. The maximum Gasteiger partial charge on any atom is 0.387 e. The van der Waals surface area contributed by atoms with E-state index < -0.39 is 6.61 Å². The molecule has 0 bridgehead atoms. The average Bonchev–Trinajstić information content (AvgIpc) is 1.93. The Labute approximate surface area is 64.4 Å². The summed E-state index contributed by atoms with van der Waals surface area (Å²) in [6.45, 7) is -2.82. The lowest BCUT2D eigenvalue weighted by atomic mass is 9.95. The Bertz CT molecular complexity index is 240. The molecule has 1 aromatic rings. The minimum Gasteiger partial charge on any atom is -0.435 e. The Balaban J connectivity index is 2.78. The van der Waals surface area contributed by atoms with E-state index in [4.69, 9.17) is 7.85 Å². The van der Waals surface area contributed by atoms with Crippen LogP contribution in [-0.4, -0.2) is 14.5 Å². The van der Waals surface area contributed by atoms with Crippen LogP contribution in [0.25, 0.3) is 0 Å². The van der Waals surface area contributed by atoms with Crippen molar-refractivity contribution in [1.82, 2.24) is 0 Å². The lowest BCUT2D eigenvalue weighted by Crippen LogP contribution is -2.12. The van der Waals surface area contributed by atoms with Gasteiger partial charge in [0.15, 0.2) is 0 Å². The minimum absolute atomic E-state index is 0.0162. The zero-order valence-corrected chi connectivity index (χ0v) is 5.63. The number of benzene rings is 1. The molecule has 56 valence electrons. The largest absolute Gasteiger partial charge is 0.435 e. The third-order valence-electron chi connectivity index (χ3n) is 1.14. The fourth-order valence-corrected chi connectivity index (χ4v) is 0.684. The number of rotatable bonds is 2. The van der Waals surface area contributed by atoms with E-state index in [1.807, 2.05) is 0 Å². The smallest absolute Gasteiger partial charge is 0.387 e. The van der Waals surface area contributed by atoms with Gasteiger partial charge in [0.1, 0.15) is 13.6 Å². The number of para-hydroxylation sites is 1. The highest BCUT2D eigenvalue weighted by atomic mass is 19.3. The molecule has 0 unspecified atom stereocenters. The molecule has 2 radical (unpaired) electrons. The third kappa shape index (κ3) is 2.22. The zero-order valence-electron chi connectivity index (χ0n) is 5.63. The number of ether oxygens (including phenoxy) is 1. The van der Waals surface area contributed by atoms with Crippen LogP contribution in [0.15, 0.2) is 24.3 Å². The molecule has 1 nitrogen and oxygen atoms in total. The molecule has 1 rings (SSSR count). The summed E-state index contributed by atoms with van der Waals surface area (Å²) in [7, 11) is 5.31. The molecule has 0 spiro atoms. The lowest BCUT2D eigenvalue weighted by molar-refractivity contribution is -0.0491. The van der Waals surface area contributed by atoms with Gasteiger partial charge in [-0.3, -0.25) is 0 Å². The predicted molar refractivity (Wildman–Crippen MR) is 38.5 cm³/mol. The predicted octanol–water partition coefficient (Wildman–Crippen LogP) is 1.08. The molecular formula is C7H5BF2O. The summed E-state index contributed by atoms with van der Waals surface area (Å²) in [5, 5.41) is 0. The van der Waals surface area contributed by atoms with Crippen LogP contribution >= 0.6 is 0 Å². The molecule has 0 aromatic heterocycles. The van der Waals surface area contributed by atoms with Crippen molar-refractivity contribution >= 4 is 13.3 Å². The summed E-state index contributed by atoms with van der Waals surface area (Å²) in [5.41, 5.74) is 0.216. The highest BCUT2D eigenvalue weighted by Crippen LogP contribution is 2.08. The van der Waals surface area contributed by atoms with Crippen LogP contribution in [0.5, 0.6) is 5.75 Å². The number of hydrogen-bond donors (Lipinski definition) is 0. The van der Waals surface area contributed by atoms with Crippen LogP contribution < -0.4 is 10.2 Å². The zero-order chi connectivity index (χ0) is 8.27. The van der Waals surface area contributed by atoms with E-state index in [9.17, 15) is 8.78 Å². The van der Waals surface area contributed by atoms with Gasteiger partial charge in [0.05, 0.1) is 0 Å². The first-order valence-electron chi connectivity index (χ1n) is 2.99. The fourth-order valence-electron chi connectivity index (χ4n) is 0.684. The van der Waals surface area contributed by atoms with E-state index in [1.165, 1.54) is 12.1 Å². The first-order valence-corrected chi connectivity index (χ1v) is 2.99. The second-order valence-corrected chi connectivity index (χ2v) is 1.92. The molecule has 0 fully saturated rings. The molecule has 0 saturated carbocycles. The van der Waals surface area contributed by atoms with Crippen LogP contribution in [0.1, 0.15) is 0 Å². The van der Waals surface area contributed by atoms with Crippen LogP contribution in [-0.2, 0) is 0 Å². The molecule has 11 heavy (non-hydrogen) atoms. The van der Waals surface area contributed by atoms with Gasteiger partial charge < -0.3 is 4.74 Å². The van der Waals surface area contributed by atoms with Crippen molar-refractivity contribution in [2.75, 3.05) is 0 Å². The van der Waals surface area contributed by atoms with E-state index in [2.05, 4.69) is 4.74 Å².